The van der Waals surface area contributed by atoms with E-state index in [-0.39, 0.29) is 12.2 Å². The molecule has 3 aromatic rings. The van der Waals surface area contributed by atoms with Gasteiger partial charge in [0.15, 0.2) is 11.5 Å². The Hall–Kier alpha value is -3.04. The van der Waals surface area contributed by atoms with Crippen LogP contribution in [0.3, 0.4) is 0 Å². The third-order valence-electron chi connectivity index (χ3n) is 3.01. The maximum Gasteiger partial charge on any atom is 0.307 e. The number of aryl methyl sites for hydroxylation is 1. The Bertz CT molecular complexity index is 821. The van der Waals surface area contributed by atoms with Gasteiger partial charge in [-0.3, -0.25) is 19.5 Å². The predicted molar refractivity (Wildman–Crippen MR) is 73.8 cm³/mol. The van der Waals surface area contributed by atoms with Crippen molar-refractivity contribution in [3.8, 4) is 0 Å². The number of rotatable bonds is 4. The quantitative estimate of drug-likeness (QED) is 0.550. The topological polar surface area (TPSA) is 117 Å². The molecular formula is C11H12N8O2. The number of aromatic nitrogens is 6. The summed E-state index contributed by atoms with van der Waals surface area (Å²) in [6, 6.07) is 0. The highest BCUT2D eigenvalue weighted by Crippen LogP contribution is 2.19. The Balaban J connectivity index is 1.99. The van der Waals surface area contributed by atoms with Gasteiger partial charge in [0.05, 0.1) is 16.5 Å². The standard InChI is InChI=1S/C11H12N8O2/c1-12-10-8-4-13-17(2)11(8)16-9(15-10)6-18-5-7(3-14-18)19(20)21/h3-5H,6H2,1-2H3,(H,12,15,16). The zero-order valence-corrected chi connectivity index (χ0v) is 11.4. The summed E-state index contributed by atoms with van der Waals surface area (Å²) in [6.45, 7) is 0.240. The molecule has 108 valence electrons. The Morgan fingerprint density at radius 1 is 1.33 bits per heavy atom. The Kier molecular flexibility index (Phi) is 2.97. The second-order valence-corrected chi connectivity index (χ2v) is 4.40. The summed E-state index contributed by atoms with van der Waals surface area (Å²) in [5, 5.41) is 22.5. The average Bonchev–Trinajstić information content (AvgIpc) is 3.06. The van der Waals surface area contributed by atoms with Crippen LogP contribution in [0, 0.1) is 10.1 Å². The van der Waals surface area contributed by atoms with E-state index in [1.54, 1.807) is 25.0 Å². The summed E-state index contributed by atoms with van der Waals surface area (Å²) in [5.41, 5.74) is 0.622. The molecule has 0 amide bonds. The van der Waals surface area contributed by atoms with Crippen molar-refractivity contribution in [2.24, 2.45) is 7.05 Å². The van der Waals surface area contributed by atoms with Crippen molar-refractivity contribution in [2.45, 2.75) is 6.54 Å². The van der Waals surface area contributed by atoms with E-state index in [2.05, 4.69) is 25.5 Å². The third kappa shape index (κ3) is 2.26. The van der Waals surface area contributed by atoms with Crippen LogP contribution in [0.2, 0.25) is 0 Å². The van der Waals surface area contributed by atoms with E-state index in [1.165, 1.54) is 17.1 Å². The predicted octanol–water partition coefficient (Wildman–Crippen LogP) is 0.558. The van der Waals surface area contributed by atoms with Crippen LogP contribution in [-0.4, -0.2) is 41.5 Å². The largest absolute Gasteiger partial charge is 0.372 e. The molecule has 0 atom stereocenters. The fourth-order valence-corrected chi connectivity index (χ4v) is 2.01. The first-order valence-corrected chi connectivity index (χ1v) is 6.11. The Morgan fingerprint density at radius 3 is 2.81 bits per heavy atom. The molecule has 0 aliphatic carbocycles. The van der Waals surface area contributed by atoms with E-state index < -0.39 is 4.92 Å². The smallest absolute Gasteiger partial charge is 0.307 e. The molecule has 0 aliphatic rings. The minimum Gasteiger partial charge on any atom is -0.372 e. The number of hydrogen-bond donors (Lipinski definition) is 1. The zero-order valence-electron chi connectivity index (χ0n) is 11.4. The van der Waals surface area contributed by atoms with Gasteiger partial charge < -0.3 is 5.32 Å². The van der Waals surface area contributed by atoms with Crippen molar-refractivity contribution < 1.29 is 4.92 Å². The van der Waals surface area contributed by atoms with E-state index in [4.69, 9.17) is 0 Å². The normalized spacial score (nSPS) is 11.0. The summed E-state index contributed by atoms with van der Waals surface area (Å²) in [5.74, 6) is 1.15. The Morgan fingerprint density at radius 2 is 2.14 bits per heavy atom. The van der Waals surface area contributed by atoms with Gasteiger partial charge in [-0.2, -0.15) is 10.2 Å². The summed E-state index contributed by atoms with van der Waals surface area (Å²) >= 11 is 0. The van der Waals surface area contributed by atoms with Gasteiger partial charge in [-0.15, -0.1) is 0 Å². The number of nitrogens with one attached hydrogen (secondary N) is 1. The second-order valence-electron chi connectivity index (χ2n) is 4.40. The lowest BCUT2D eigenvalue weighted by Crippen LogP contribution is -2.08. The van der Waals surface area contributed by atoms with Gasteiger partial charge in [0, 0.05) is 14.1 Å². The van der Waals surface area contributed by atoms with Crippen molar-refractivity contribution in [1.29, 1.82) is 0 Å². The first-order valence-electron chi connectivity index (χ1n) is 6.11. The van der Waals surface area contributed by atoms with Crippen molar-refractivity contribution in [1.82, 2.24) is 29.5 Å². The van der Waals surface area contributed by atoms with E-state index in [0.717, 1.165) is 5.39 Å². The maximum absolute atomic E-state index is 10.7. The second kappa shape index (κ2) is 4.81. The molecule has 0 spiro atoms. The fourth-order valence-electron chi connectivity index (χ4n) is 2.01. The number of nitro groups is 1. The maximum atomic E-state index is 10.7. The van der Waals surface area contributed by atoms with Crippen LogP contribution in [-0.2, 0) is 13.6 Å². The van der Waals surface area contributed by atoms with E-state index in [9.17, 15) is 10.1 Å². The number of fused-ring (bicyclic) bond motifs is 1. The average molecular weight is 288 g/mol. The highest BCUT2D eigenvalue weighted by atomic mass is 16.6. The van der Waals surface area contributed by atoms with Crippen LogP contribution < -0.4 is 5.32 Å². The molecule has 3 heterocycles. The van der Waals surface area contributed by atoms with Crippen molar-refractivity contribution in [3.63, 3.8) is 0 Å². The summed E-state index contributed by atoms with van der Waals surface area (Å²) in [6.07, 6.45) is 4.22. The molecule has 0 radical (unpaired) electrons. The van der Waals surface area contributed by atoms with Gasteiger partial charge in [0.25, 0.3) is 0 Å². The third-order valence-corrected chi connectivity index (χ3v) is 3.01. The minimum atomic E-state index is -0.492. The number of anilines is 1. The van der Waals surface area contributed by atoms with Gasteiger partial charge in [-0.25, -0.2) is 9.97 Å². The summed E-state index contributed by atoms with van der Waals surface area (Å²) < 4.78 is 3.07. The van der Waals surface area contributed by atoms with Gasteiger partial charge in [0.2, 0.25) is 0 Å². The van der Waals surface area contributed by atoms with E-state index in [1.807, 2.05) is 0 Å². The molecule has 3 rings (SSSR count). The minimum absolute atomic E-state index is 0.0644. The molecule has 0 bridgehead atoms. The highest BCUT2D eigenvalue weighted by Gasteiger charge is 2.13. The molecule has 0 unspecified atom stereocenters. The van der Waals surface area contributed by atoms with Gasteiger partial charge >= 0.3 is 5.69 Å². The lowest BCUT2D eigenvalue weighted by molar-refractivity contribution is -0.385. The molecule has 0 aliphatic heterocycles. The first-order chi connectivity index (χ1) is 10.1. The molecule has 10 heteroatoms. The molecule has 1 N–H and O–H groups in total. The fraction of sp³-hybridized carbons (Fsp3) is 0.273. The molecule has 0 saturated carbocycles. The lowest BCUT2D eigenvalue weighted by atomic mass is 10.4. The van der Waals surface area contributed by atoms with Gasteiger partial charge in [0.1, 0.15) is 24.8 Å². The van der Waals surface area contributed by atoms with Crippen LogP contribution >= 0.6 is 0 Å². The first kappa shape index (κ1) is 13.0. The van der Waals surface area contributed by atoms with Crippen molar-refractivity contribution >= 4 is 22.5 Å². The van der Waals surface area contributed by atoms with Crippen molar-refractivity contribution in [3.05, 3.63) is 34.5 Å². The van der Waals surface area contributed by atoms with Crippen LogP contribution in [0.4, 0.5) is 11.5 Å². The lowest BCUT2D eigenvalue weighted by Gasteiger charge is -2.05. The SMILES string of the molecule is CNc1nc(Cn2cc([N+](=O)[O-])cn2)nc2c1cnn2C. The number of hydrogen-bond acceptors (Lipinski definition) is 7. The van der Waals surface area contributed by atoms with Gasteiger partial charge in [-0.1, -0.05) is 0 Å². The highest BCUT2D eigenvalue weighted by molar-refractivity contribution is 5.86. The summed E-state index contributed by atoms with van der Waals surface area (Å²) in [4.78, 5) is 18.9. The molecule has 10 nitrogen and oxygen atoms in total. The number of nitrogens with zero attached hydrogens (tertiary/aromatic N) is 7. The zero-order chi connectivity index (χ0) is 15.0. The Labute approximate surface area is 118 Å². The van der Waals surface area contributed by atoms with Crippen LogP contribution in [0.1, 0.15) is 5.82 Å². The molecule has 0 fully saturated rings. The molecule has 0 saturated heterocycles. The van der Waals surface area contributed by atoms with Crippen LogP contribution in [0.15, 0.2) is 18.6 Å². The molecule has 0 aromatic carbocycles. The monoisotopic (exact) mass is 288 g/mol. The van der Waals surface area contributed by atoms with Crippen LogP contribution in [0.25, 0.3) is 11.0 Å². The van der Waals surface area contributed by atoms with Crippen LogP contribution in [0.5, 0.6) is 0 Å². The molecule has 3 aromatic heterocycles. The van der Waals surface area contributed by atoms with Crippen molar-refractivity contribution in [2.75, 3.05) is 12.4 Å². The van der Waals surface area contributed by atoms with E-state index >= 15 is 0 Å². The van der Waals surface area contributed by atoms with Gasteiger partial charge in [-0.05, 0) is 0 Å². The van der Waals surface area contributed by atoms with E-state index in [0.29, 0.717) is 17.3 Å². The summed E-state index contributed by atoms with van der Waals surface area (Å²) in [7, 11) is 3.55. The molecular weight excluding hydrogens is 276 g/mol. The molecule has 21 heavy (non-hydrogen) atoms.